The molecule has 146 valence electrons. The van der Waals surface area contributed by atoms with Crippen LogP contribution in [-0.2, 0) is 13.0 Å². The smallest absolute Gasteiger partial charge is 0.344 e. The molecular weight excluding hydrogens is 362 g/mol. The molecule has 0 aliphatic carbocycles. The first-order valence-electron chi connectivity index (χ1n) is 10.2. The minimum atomic E-state index is -0.307. The summed E-state index contributed by atoms with van der Waals surface area (Å²) < 4.78 is 11.8. The van der Waals surface area contributed by atoms with Crippen LogP contribution in [-0.4, -0.2) is 6.73 Å². The summed E-state index contributed by atoms with van der Waals surface area (Å²) >= 11 is 0. The highest BCUT2D eigenvalue weighted by atomic mass is 16.5. The lowest BCUT2D eigenvalue weighted by Crippen LogP contribution is -2.32. The van der Waals surface area contributed by atoms with E-state index in [2.05, 4.69) is 36.1 Å². The van der Waals surface area contributed by atoms with Gasteiger partial charge in [0.2, 0.25) is 0 Å². The predicted molar refractivity (Wildman–Crippen MR) is 117 cm³/mol. The Bertz CT molecular complexity index is 1240. The van der Waals surface area contributed by atoms with E-state index in [4.69, 9.17) is 9.15 Å². The average molecular weight is 385 g/mol. The fourth-order valence-corrected chi connectivity index (χ4v) is 4.07. The molecule has 0 atom stereocenters. The number of hydrogen-bond acceptors (Lipinski definition) is 4. The van der Waals surface area contributed by atoms with Crippen LogP contribution in [0.3, 0.4) is 0 Å². The van der Waals surface area contributed by atoms with Gasteiger partial charge in [-0.2, -0.15) is 0 Å². The number of hydrogen-bond donors (Lipinski definition) is 0. The molecule has 4 nitrogen and oxygen atoms in total. The second-order valence-electron chi connectivity index (χ2n) is 7.60. The monoisotopic (exact) mass is 385 g/mol. The van der Waals surface area contributed by atoms with Crippen LogP contribution in [0.2, 0.25) is 0 Å². The van der Waals surface area contributed by atoms with Crippen LogP contribution in [0.15, 0.2) is 69.9 Å². The number of fused-ring (bicyclic) bond motifs is 5. The molecule has 0 bridgehead atoms. The lowest BCUT2D eigenvalue weighted by atomic mass is 10.0. The molecule has 0 amide bonds. The zero-order chi connectivity index (χ0) is 19.8. The van der Waals surface area contributed by atoms with Crippen molar-refractivity contribution < 1.29 is 9.15 Å². The fraction of sp³-hybridized carbons (Fsp3) is 0.240. The van der Waals surface area contributed by atoms with Crippen LogP contribution in [0, 0.1) is 0 Å². The maximum atomic E-state index is 12.5. The van der Waals surface area contributed by atoms with E-state index >= 15 is 0 Å². The maximum absolute atomic E-state index is 12.5. The van der Waals surface area contributed by atoms with Crippen LogP contribution >= 0.6 is 0 Å². The Morgan fingerprint density at radius 3 is 2.52 bits per heavy atom. The molecule has 0 N–H and O–H groups in total. The largest absolute Gasteiger partial charge is 0.473 e. The zero-order valence-corrected chi connectivity index (χ0v) is 16.5. The minimum absolute atomic E-state index is 0.307. The molecule has 0 unspecified atom stereocenters. The number of ether oxygens (including phenoxy) is 1. The van der Waals surface area contributed by atoms with Gasteiger partial charge in [0.05, 0.1) is 17.5 Å². The van der Waals surface area contributed by atoms with Crippen molar-refractivity contribution >= 4 is 27.4 Å². The molecule has 0 radical (unpaired) electrons. The van der Waals surface area contributed by atoms with Gasteiger partial charge in [0.25, 0.3) is 0 Å². The number of aryl methyl sites for hydroxylation is 1. The molecule has 0 spiro atoms. The average Bonchev–Trinajstić information content (AvgIpc) is 2.78. The molecule has 2 heterocycles. The van der Waals surface area contributed by atoms with Gasteiger partial charge in [-0.3, -0.25) is 0 Å². The number of unbranched alkanes of at least 4 members (excludes halogenated alkanes) is 1. The van der Waals surface area contributed by atoms with Gasteiger partial charge in [0.15, 0.2) is 6.73 Å². The Morgan fingerprint density at radius 1 is 0.931 bits per heavy atom. The van der Waals surface area contributed by atoms with Gasteiger partial charge in [-0.05, 0) is 54.1 Å². The third-order valence-corrected chi connectivity index (χ3v) is 5.69. The highest BCUT2D eigenvalue weighted by Gasteiger charge is 2.22. The molecule has 0 saturated carbocycles. The second-order valence-corrected chi connectivity index (χ2v) is 7.60. The van der Waals surface area contributed by atoms with Crippen LogP contribution in [0.5, 0.6) is 5.75 Å². The third-order valence-electron chi connectivity index (χ3n) is 5.69. The maximum Gasteiger partial charge on any atom is 0.344 e. The van der Waals surface area contributed by atoms with Gasteiger partial charge in [0, 0.05) is 11.1 Å². The van der Waals surface area contributed by atoms with Crippen LogP contribution < -0.4 is 15.3 Å². The van der Waals surface area contributed by atoms with Crippen LogP contribution in [0.25, 0.3) is 21.7 Å². The summed E-state index contributed by atoms with van der Waals surface area (Å²) in [5.74, 6) is 0.784. The number of benzene rings is 3. The van der Waals surface area contributed by atoms with Crippen molar-refractivity contribution in [1.29, 1.82) is 0 Å². The van der Waals surface area contributed by atoms with Crippen LogP contribution in [0.1, 0.15) is 30.9 Å². The Hall–Kier alpha value is -3.27. The standard InChI is InChI=1S/C25H23NO3/c1-2-3-6-17-9-11-18(12-10-17)26-15-22-23(28-16-26)14-13-20-19-7-4-5-8-21(19)25(27)29-24(20)22/h4-5,7-14H,2-3,6,15-16H2,1H3. The minimum Gasteiger partial charge on any atom is -0.473 e. The molecule has 0 saturated heterocycles. The number of nitrogens with zero attached hydrogens (tertiary/aromatic N) is 1. The molecule has 0 fully saturated rings. The van der Waals surface area contributed by atoms with Gasteiger partial charge >= 0.3 is 5.63 Å². The fourth-order valence-electron chi connectivity index (χ4n) is 4.07. The number of anilines is 1. The van der Waals surface area contributed by atoms with E-state index < -0.39 is 0 Å². The molecule has 1 aromatic heterocycles. The normalized spacial score (nSPS) is 13.5. The molecule has 4 aromatic rings. The van der Waals surface area contributed by atoms with Crippen LogP contribution in [0.4, 0.5) is 5.69 Å². The van der Waals surface area contributed by atoms with E-state index in [0.717, 1.165) is 34.2 Å². The molecule has 3 aromatic carbocycles. The summed E-state index contributed by atoms with van der Waals surface area (Å²) in [4.78, 5) is 14.7. The quantitative estimate of drug-likeness (QED) is 0.336. The van der Waals surface area contributed by atoms with E-state index in [-0.39, 0.29) is 5.63 Å². The van der Waals surface area contributed by atoms with Crippen molar-refractivity contribution in [3.8, 4) is 5.75 Å². The van der Waals surface area contributed by atoms with Gasteiger partial charge in [-0.1, -0.05) is 43.7 Å². The Kier molecular flexibility index (Phi) is 4.47. The van der Waals surface area contributed by atoms with E-state index in [1.807, 2.05) is 36.4 Å². The van der Waals surface area contributed by atoms with E-state index in [1.54, 1.807) is 0 Å². The van der Waals surface area contributed by atoms with E-state index in [9.17, 15) is 4.79 Å². The molecule has 4 heteroatoms. The molecule has 29 heavy (non-hydrogen) atoms. The molecule has 5 rings (SSSR count). The summed E-state index contributed by atoms with van der Waals surface area (Å²) in [5.41, 5.74) is 3.70. The van der Waals surface area contributed by atoms with Gasteiger partial charge in [-0.25, -0.2) is 4.79 Å². The van der Waals surface area contributed by atoms with Crippen molar-refractivity contribution in [2.24, 2.45) is 0 Å². The van der Waals surface area contributed by atoms with Crippen molar-refractivity contribution in [3.05, 3.63) is 82.2 Å². The molecule has 1 aliphatic rings. The van der Waals surface area contributed by atoms with Crippen molar-refractivity contribution in [3.63, 3.8) is 0 Å². The summed E-state index contributed by atoms with van der Waals surface area (Å²) in [6.07, 6.45) is 3.52. The zero-order valence-electron chi connectivity index (χ0n) is 16.5. The SMILES string of the molecule is CCCCc1ccc(N2COc3ccc4c(oc(=O)c5ccccc54)c3C2)cc1. The number of rotatable bonds is 4. The highest BCUT2D eigenvalue weighted by molar-refractivity contribution is 6.05. The first kappa shape index (κ1) is 17.8. The molecule has 1 aliphatic heterocycles. The Labute approximate surface area is 169 Å². The lowest BCUT2D eigenvalue weighted by Gasteiger charge is -2.31. The summed E-state index contributed by atoms with van der Waals surface area (Å²) in [7, 11) is 0. The van der Waals surface area contributed by atoms with E-state index in [0.29, 0.717) is 24.2 Å². The summed E-state index contributed by atoms with van der Waals surface area (Å²) in [6, 6.07) is 20.2. The Balaban J connectivity index is 1.54. The van der Waals surface area contributed by atoms with Crippen molar-refractivity contribution in [1.82, 2.24) is 0 Å². The summed E-state index contributed by atoms with van der Waals surface area (Å²) in [5, 5.41) is 2.47. The Morgan fingerprint density at radius 2 is 1.72 bits per heavy atom. The first-order valence-corrected chi connectivity index (χ1v) is 10.2. The topological polar surface area (TPSA) is 42.7 Å². The van der Waals surface area contributed by atoms with Crippen molar-refractivity contribution in [2.75, 3.05) is 11.6 Å². The third kappa shape index (κ3) is 3.15. The van der Waals surface area contributed by atoms with Gasteiger partial charge < -0.3 is 14.1 Å². The van der Waals surface area contributed by atoms with Gasteiger partial charge in [0.1, 0.15) is 11.3 Å². The second kappa shape index (κ2) is 7.28. The first-order chi connectivity index (χ1) is 14.2. The highest BCUT2D eigenvalue weighted by Crippen LogP contribution is 2.36. The van der Waals surface area contributed by atoms with E-state index in [1.165, 1.54) is 18.4 Å². The summed E-state index contributed by atoms with van der Waals surface area (Å²) in [6.45, 7) is 3.33. The van der Waals surface area contributed by atoms with Gasteiger partial charge in [-0.15, -0.1) is 0 Å². The molecular formula is C25H23NO3. The lowest BCUT2D eigenvalue weighted by molar-refractivity contribution is 0.289. The predicted octanol–water partition coefficient (Wildman–Crippen LogP) is 5.65. The van der Waals surface area contributed by atoms with Crippen molar-refractivity contribution in [2.45, 2.75) is 32.7 Å².